The number of halogens is 1. The van der Waals surface area contributed by atoms with Gasteiger partial charge in [-0.2, -0.15) is 0 Å². The zero-order valence-corrected chi connectivity index (χ0v) is 18.3. The van der Waals surface area contributed by atoms with E-state index in [-0.39, 0.29) is 12.0 Å². The lowest BCUT2D eigenvalue weighted by Crippen LogP contribution is -2.37. The van der Waals surface area contributed by atoms with E-state index in [1.54, 1.807) is 29.2 Å². The molecule has 0 saturated carbocycles. The molecule has 1 atom stereocenters. The van der Waals surface area contributed by atoms with Crippen molar-refractivity contribution in [2.75, 3.05) is 25.2 Å². The fraction of sp³-hybridized carbons (Fsp3) is 0.318. The van der Waals surface area contributed by atoms with E-state index in [1.807, 2.05) is 19.1 Å². The Kier molecular flexibility index (Phi) is 6.04. The summed E-state index contributed by atoms with van der Waals surface area (Å²) >= 11 is 7.63. The normalized spacial score (nSPS) is 16.0. The van der Waals surface area contributed by atoms with Crippen molar-refractivity contribution in [1.29, 1.82) is 0 Å². The number of aromatic nitrogens is 1. The molecule has 3 aromatic rings. The van der Waals surface area contributed by atoms with Gasteiger partial charge in [-0.25, -0.2) is 9.78 Å². The Balaban J connectivity index is 1.70. The number of anilines is 1. The average Bonchev–Trinajstić information content (AvgIpc) is 3.40. The Hall–Kier alpha value is -2.48. The molecule has 1 saturated heterocycles. The molecular formula is C22H21ClN2O4S. The van der Waals surface area contributed by atoms with Gasteiger partial charge in [0.15, 0.2) is 5.13 Å². The SMILES string of the molecule is COC(=O)c1ccc(C(=O)N(CC2CCCO2)c2nc3c(C)cc(Cl)cc3s2)cc1. The van der Waals surface area contributed by atoms with Crippen molar-refractivity contribution in [2.45, 2.75) is 25.9 Å². The van der Waals surface area contributed by atoms with Crippen LogP contribution >= 0.6 is 22.9 Å². The minimum Gasteiger partial charge on any atom is -0.465 e. The number of carbonyl (C=O) groups excluding carboxylic acids is 2. The first-order valence-corrected chi connectivity index (χ1v) is 10.8. The smallest absolute Gasteiger partial charge is 0.337 e. The van der Waals surface area contributed by atoms with Crippen molar-refractivity contribution in [3.8, 4) is 0 Å². The van der Waals surface area contributed by atoms with Crippen LogP contribution in [0.5, 0.6) is 0 Å². The molecule has 1 fully saturated rings. The molecule has 156 valence electrons. The molecular weight excluding hydrogens is 424 g/mol. The molecule has 8 heteroatoms. The maximum absolute atomic E-state index is 13.4. The van der Waals surface area contributed by atoms with Gasteiger partial charge in [-0.3, -0.25) is 9.69 Å². The number of fused-ring (bicyclic) bond motifs is 1. The zero-order chi connectivity index (χ0) is 21.3. The van der Waals surface area contributed by atoms with Crippen LogP contribution in [-0.2, 0) is 9.47 Å². The maximum atomic E-state index is 13.4. The van der Waals surface area contributed by atoms with Crippen molar-refractivity contribution < 1.29 is 19.1 Å². The van der Waals surface area contributed by atoms with Crippen molar-refractivity contribution in [3.63, 3.8) is 0 Å². The molecule has 1 unspecified atom stereocenters. The second-order valence-electron chi connectivity index (χ2n) is 7.19. The Morgan fingerprint density at radius 2 is 2.00 bits per heavy atom. The molecule has 2 aromatic carbocycles. The quantitative estimate of drug-likeness (QED) is 0.525. The number of thiazole rings is 1. The summed E-state index contributed by atoms with van der Waals surface area (Å²) in [6.07, 6.45) is 1.86. The third-order valence-electron chi connectivity index (χ3n) is 5.08. The Labute approximate surface area is 183 Å². The highest BCUT2D eigenvalue weighted by atomic mass is 35.5. The fourth-order valence-corrected chi connectivity index (χ4v) is 4.95. The zero-order valence-electron chi connectivity index (χ0n) is 16.7. The molecule has 0 N–H and O–H groups in total. The van der Waals surface area contributed by atoms with Crippen LogP contribution < -0.4 is 4.90 Å². The second kappa shape index (κ2) is 8.71. The summed E-state index contributed by atoms with van der Waals surface area (Å²) in [4.78, 5) is 31.5. The van der Waals surface area contributed by atoms with Gasteiger partial charge < -0.3 is 9.47 Å². The van der Waals surface area contributed by atoms with Crippen LogP contribution in [0.2, 0.25) is 5.02 Å². The van der Waals surface area contributed by atoms with Crippen LogP contribution in [0.25, 0.3) is 10.2 Å². The molecule has 1 amide bonds. The molecule has 1 aliphatic heterocycles. The van der Waals surface area contributed by atoms with Crippen LogP contribution in [0.4, 0.5) is 5.13 Å². The summed E-state index contributed by atoms with van der Waals surface area (Å²) in [5.74, 6) is -0.631. The van der Waals surface area contributed by atoms with Gasteiger partial charge >= 0.3 is 5.97 Å². The van der Waals surface area contributed by atoms with E-state index >= 15 is 0 Å². The van der Waals surface area contributed by atoms with Crippen LogP contribution in [0, 0.1) is 6.92 Å². The number of esters is 1. The topological polar surface area (TPSA) is 68.7 Å². The van der Waals surface area contributed by atoms with Crippen LogP contribution in [-0.4, -0.2) is 43.2 Å². The lowest BCUT2D eigenvalue weighted by Gasteiger charge is -2.23. The van der Waals surface area contributed by atoms with E-state index in [0.717, 1.165) is 28.6 Å². The molecule has 2 heterocycles. The summed E-state index contributed by atoms with van der Waals surface area (Å²) in [5.41, 5.74) is 2.66. The number of benzene rings is 2. The minimum atomic E-state index is -0.441. The largest absolute Gasteiger partial charge is 0.465 e. The van der Waals surface area contributed by atoms with Crippen LogP contribution in [0.15, 0.2) is 36.4 Å². The maximum Gasteiger partial charge on any atom is 0.337 e. The summed E-state index contributed by atoms with van der Waals surface area (Å²) < 4.78 is 11.4. The van der Waals surface area contributed by atoms with Gasteiger partial charge in [-0.1, -0.05) is 22.9 Å². The lowest BCUT2D eigenvalue weighted by molar-refractivity contribution is 0.0600. The fourth-order valence-electron chi connectivity index (χ4n) is 3.52. The van der Waals surface area contributed by atoms with Crippen molar-refractivity contribution >= 4 is 50.2 Å². The number of rotatable bonds is 5. The molecule has 0 radical (unpaired) electrons. The lowest BCUT2D eigenvalue weighted by atomic mass is 10.1. The second-order valence-corrected chi connectivity index (χ2v) is 8.63. The molecule has 4 rings (SSSR count). The molecule has 0 aliphatic carbocycles. The predicted molar refractivity (Wildman–Crippen MR) is 118 cm³/mol. The highest BCUT2D eigenvalue weighted by Gasteiger charge is 2.27. The van der Waals surface area contributed by atoms with Crippen molar-refractivity contribution in [1.82, 2.24) is 4.98 Å². The van der Waals surface area contributed by atoms with Gasteiger partial charge in [0.05, 0.1) is 35.5 Å². The van der Waals surface area contributed by atoms with Gasteiger partial charge in [-0.05, 0) is 61.7 Å². The molecule has 30 heavy (non-hydrogen) atoms. The number of hydrogen-bond acceptors (Lipinski definition) is 6. The average molecular weight is 445 g/mol. The van der Waals surface area contributed by atoms with E-state index in [9.17, 15) is 9.59 Å². The first kappa shape index (κ1) is 20.8. The summed E-state index contributed by atoms with van der Waals surface area (Å²) in [5, 5.41) is 1.25. The van der Waals surface area contributed by atoms with Crippen molar-refractivity contribution in [3.05, 3.63) is 58.1 Å². The number of hydrogen-bond donors (Lipinski definition) is 0. The Morgan fingerprint density at radius 3 is 2.67 bits per heavy atom. The van der Waals surface area contributed by atoms with E-state index in [0.29, 0.717) is 34.4 Å². The summed E-state index contributed by atoms with van der Waals surface area (Å²) in [7, 11) is 1.33. The minimum absolute atomic E-state index is 0.0278. The first-order valence-electron chi connectivity index (χ1n) is 9.65. The van der Waals surface area contributed by atoms with E-state index in [1.165, 1.54) is 18.4 Å². The standard InChI is InChI=1S/C22H21ClN2O4S/c1-13-10-16(23)11-18-19(13)24-22(30-18)25(12-17-4-3-9-29-17)20(26)14-5-7-15(8-6-14)21(27)28-2/h5-8,10-11,17H,3-4,9,12H2,1-2H3. The number of amides is 1. The number of nitrogens with zero attached hydrogens (tertiary/aromatic N) is 2. The molecule has 1 aliphatic rings. The van der Waals surface area contributed by atoms with Gasteiger partial charge in [0, 0.05) is 17.2 Å². The number of ether oxygens (including phenoxy) is 2. The van der Waals surface area contributed by atoms with Crippen LogP contribution in [0.3, 0.4) is 0 Å². The summed E-state index contributed by atoms with van der Waals surface area (Å²) in [6.45, 7) is 3.08. The molecule has 0 bridgehead atoms. The highest BCUT2D eigenvalue weighted by Crippen LogP contribution is 2.34. The third kappa shape index (κ3) is 4.19. The Morgan fingerprint density at radius 1 is 1.27 bits per heavy atom. The highest BCUT2D eigenvalue weighted by molar-refractivity contribution is 7.22. The van der Waals surface area contributed by atoms with Crippen molar-refractivity contribution in [2.24, 2.45) is 0 Å². The molecule has 6 nitrogen and oxygen atoms in total. The Bertz CT molecular complexity index is 1090. The van der Waals surface area contributed by atoms with Gasteiger partial charge in [-0.15, -0.1) is 0 Å². The third-order valence-corrected chi connectivity index (χ3v) is 6.32. The van der Waals surface area contributed by atoms with E-state index < -0.39 is 5.97 Å². The molecule has 0 spiro atoms. The van der Waals surface area contributed by atoms with Crippen LogP contribution in [0.1, 0.15) is 39.1 Å². The monoisotopic (exact) mass is 444 g/mol. The number of aryl methyl sites for hydroxylation is 1. The van der Waals surface area contributed by atoms with E-state index in [2.05, 4.69) is 0 Å². The van der Waals surface area contributed by atoms with Gasteiger partial charge in [0.1, 0.15) is 0 Å². The number of methoxy groups -OCH3 is 1. The van der Waals surface area contributed by atoms with Gasteiger partial charge in [0.25, 0.3) is 5.91 Å². The predicted octanol–water partition coefficient (Wildman–Crippen LogP) is 4.87. The number of carbonyl (C=O) groups is 2. The molecule has 1 aromatic heterocycles. The first-order chi connectivity index (χ1) is 14.5. The van der Waals surface area contributed by atoms with E-state index in [4.69, 9.17) is 26.1 Å². The summed E-state index contributed by atoms with van der Waals surface area (Å²) in [6, 6.07) is 10.2. The van der Waals surface area contributed by atoms with Gasteiger partial charge in [0.2, 0.25) is 0 Å².